The summed E-state index contributed by atoms with van der Waals surface area (Å²) < 4.78 is 1.63. The molecule has 226 valence electrons. The quantitative estimate of drug-likeness (QED) is 0.247. The molecule has 1 aromatic carbocycles. The monoisotopic (exact) mass is 579 g/mol. The van der Waals surface area contributed by atoms with Crippen molar-refractivity contribution in [1.82, 2.24) is 24.8 Å². The van der Waals surface area contributed by atoms with Crippen LogP contribution in [-0.2, 0) is 23.7 Å². The molecule has 3 atom stereocenters. The molecule has 1 saturated heterocycles. The molecule has 4 heterocycles. The largest absolute Gasteiger partial charge is 0.353 e. The summed E-state index contributed by atoms with van der Waals surface area (Å²) in [4.78, 5) is 36.4. The van der Waals surface area contributed by atoms with Gasteiger partial charge in [0.1, 0.15) is 0 Å². The van der Waals surface area contributed by atoms with Crippen LogP contribution in [0.5, 0.6) is 0 Å². The molecule has 2 fully saturated rings. The number of hydrogen-bond donors (Lipinski definition) is 2. The number of aromatic amines is 1. The van der Waals surface area contributed by atoms with Gasteiger partial charge < -0.3 is 19.8 Å². The van der Waals surface area contributed by atoms with Crippen molar-refractivity contribution < 1.29 is 4.79 Å². The van der Waals surface area contributed by atoms with Gasteiger partial charge in [-0.05, 0) is 107 Å². The lowest BCUT2D eigenvalue weighted by atomic mass is 9.85. The van der Waals surface area contributed by atoms with Crippen LogP contribution in [0.2, 0.25) is 0 Å². The molecule has 2 N–H and O–H groups in total. The highest BCUT2D eigenvalue weighted by Crippen LogP contribution is 2.41. The number of hydrogen-bond acceptors (Lipinski definition) is 4. The molecule has 1 amide bonds. The fraction of sp³-hybridized carbons (Fsp3) is 0.472. The zero-order valence-corrected chi connectivity index (χ0v) is 26.5. The van der Waals surface area contributed by atoms with E-state index in [1.807, 2.05) is 32.3 Å². The Kier molecular flexibility index (Phi) is 7.80. The molecule has 43 heavy (non-hydrogen) atoms. The van der Waals surface area contributed by atoms with Crippen molar-refractivity contribution in [2.75, 3.05) is 19.6 Å². The lowest BCUT2D eigenvalue weighted by Gasteiger charge is -2.34. The third kappa shape index (κ3) is 5.67. The fourth-order valence-corrected chi connectivity index (χ4v) is 7.41. The first-order chi connectivity index (χ1) is 20.5. The second kappa shape index (κ2) is 11.4. The number of aromatic nitrogens is 3. The van der Waals surface area contributed by atoms with Crippen LogP contribution in [0.1, 0.15) is 73.9 Å². The molecule has 3 aromatic heterocycles. The SMILES string of the molecule is Cc1cc(C)cc(-c2[nH]c3cnc(C(C)(C)C(=O)N4CC5CCC4C5)cc3c2[C@H](C)CNCCc2ccc(=O)n(C)c2)c1. The van der Waals surface area contributed by atoms with Crippen LogP contribution in [0.15, 0.2) is 53.6 Å². The Morgan fingerprint density at radius 1 is 1.14 bits per heavy atom. The smallest absolute Gasteiger partial charge is 0.250 e. The highest BCUT2D eigenvalue weighted by Gasteiger charge is 2.45. The average Bonchev–Trinajstić information content (AvgIpc) is 3.70. The minimum Gasteiger partial charge on any atom is -0.353 e. The molecule has 1 aliphatic heterocycles. The molecule has 0 spiro atoms. The number of carbonyl (C=O) groups is 1. The lowest BCUT2D eigenvalue weighted by molar-refractivity contribution is -0.138. The normalized spacial score (nSPS) is 19.0. The van der Waals surface area contributed by atoms with Gasteiger partial charge >= 0.3 is 0 Å². The molecular weight excluding hydrogens is 534 g/mol. The summed E-state index contributed by atoms with van der Waals surface area (Å²) >= 11 is 0. The van der Waals surface area contributed by atoms with E-state index in [1.54, 1.807) is 17.7 Å². The Balaban J connectivity index is 1.31. The zero-order chi connectivity index (χ0) is 30.5. The van der Waals surface area contributed by atoms with Crippen molar-refractivity contribution >= 4 is 16.8 Å². The molecule has 7 nitrogen and oxygen atoms in total. The molecule has 7 heteroatoms. The first-order valence-electron chi connectivity index (χ1n) is 15.8. The van der Waals surface area contributed by atoms with Gasteiger partial charge in [-0.3, -0.25) is 14.6 Å². The molecule has 2 aliphatic rings. The Morgan fingerprint density at radius 2 is 1.91 bits per heavy atom. The van der Waals surface area contributed by atoms with Crippen LogP contribution >= 0.6 is 0 Å². The van der Waals surface area contributed by atoms with Crippen LogP contribution < -0.4 is 10.9 Å². The van der Waals surface area contributed by atoms with Gasteiger partial charge in [0.25, 0.3) is 0 Å². The Labute approximate surface area is 254 Å². The highest BCUT2D eigenvalue weighted by molar-refractivity contribution is 5.93. The number of nitrogens with zero attached hydrogens (tertiary/aromatic N) is 3. The summed E-state index contributed by atoms with van der Waals surface area (Å²) in [5, 5.41) is 4.79. The van der Waals surface area contributed by atoms with E-state index < -0.39 is 5.41 Å². The minimum absolute atomic E-state index is 0.00924. The molecule has 6 rings (SSSR count). The van der Waals surface area contributed by atoms with Gasteiger partial charge in [-0.15, -0.1) is 0 Å². The first kappa shape index (κ1) is 29.4. The van der Waals surface area contributed by atoms with Gasteiger partial charge in [-0.25, -0.2) is 0 Å². The van der Waals surface area contributed by atoms with Crippen molar-refractivity contribution in [2.45, 2.75) is 77.7 Å². The highest BCUT2D eigenvalue weighted by atomic mass is 16.2. The van der Waals surface area contributed by atoms with Crippen molar-refractivity contribution in [3.8, 4) is 11.3 Å². The number of H-pyrrole nitrogens is 1. The summed E-state index contributed by atoms with van der Waals surface area (Å²) in [5.74, 6) is 1.07. The molecule has 4 aromatic rings. The van der Waals surface area contributed by atoms with E-state index in [4.69, 9.17) is 4.98 Å². The Hall–Kier alpha value is -3.71. The van der Waals surface area contributed by atoms with Crippen molar-refractivity contribution in [1.29, 1.82) is 0 Å². The first-order valence-corrected chi connectivity index (χ1v) is 15.8. The number of piperidine rings is 1. The third-order valence-electron chi connectivity index (χ3n) is 9.76. The second-order valence-electron chi connectivity index (χ2n) is 13.7. The van der Waals surface area contributed by atoms with Crippen LogP contribution in [0.3, 0.4) is 0 Å². The maximum absolute atomic E-state index is 13.9. The number of fused-ring (bicyclic) bond motifs is 3. The number of amides is 1. The number of likely N-dealkylation sites (tertiary alicyclic amines) is 1. The van der Waals surface area contributed by atoms with E-state index in [9.17, 15) is 9.59 Å². The number of carbonyl (C=O) groups excluding carboxylic acids is 1. The van der Waals surface area contributed by atoms with E-state index in [1.165, 1.54) is 28.7 Å². The Morgan fingerprint density at radius 3 is 2.58 bits per heavy atom. The van der Waals surface area contributed by atoms with E-state index >= 15 is 0 Å². The van der Waals surface area contributed by atoms with Gasteiger partial charge in [0.15, 0.2) is 0 Å². The van der Waals surface area contributed by atoms with Crippen molar-refractivity contribution in [2.24, 2.45) is 13.0 Å². The predicted octanol–water partition coefficient (Wildman–Crippen LogP) is 5.77. The van der Waals surface area contributed by atoms with Gasteiger partial charge in [0, 0.05) is 43.8 Å². The summed E-state index contributed by atoms with van der Waals surface area (Å²) in [6.45, 7) is 13.1. The van der Waals surface area contributed by atoms with Crippen LogP contribution in [0.4, 0.5) is 0 Å². The summed E-state index contributed by atoms with van der Waals surface area (Å²) in [7, 11) is 1.79. The second-order valence-corrected chi connectivity index (χ2v) is 13.7. The predicted molar refractivity (Wildman–Crippen MR) is 174 cm³/mol. The van der Waals surface area contributed by atoms with E-state index in [2.05, 4.69) is 60.2 Å². The third-order valence-corrected chi connectivity index (χ3v) is 9.76. The molecule has 1 aliphatic carbocycles. The number of benzene rings is 1. The lowest BCUT2D eigenvalue weighted by Crippen LogP contribution is -2.47. The molecule has 0 radical (unpaired) electrons. The fourth-order valence-electron chi connectivity index (χ4n) is 7.41. The van der Waals surface area contributed by atoms with Crippen LogP contribution in [0.25, 0.3) is 22.2 Å². The average molecular weight is 580 g/mol. The number of nitrogens with one attached hydrogen (secondary N) is 2. The molecule has 1 saturated carbocycles. The van der Waals surface area contributed by atoms with Crippen molar-refractivity contribution in [3.63, 3.8) is 0 Å². The zero-order valence-electron chi connectivity index (χ0n) is 26.5. The topological polar surface area (TPSA) is 83.0 Å². The van der Waals surface area contributed by atoms with Gasteiger partial charge in [-0.2, -0.15) is 0 Å². The maximum atomic E-state index is 13.9. The van der Waals surface area contributed by atoms with Gasteiger partial charge in [0.2, 0.25) is 11.5 Å². The molecule has 2 unspecified atom stereocenters. The van der Waals surface area contributed by atoms with E-state index in [0.29, 0.717) is 12.0 Å². The molecule has 2 bridgehead atoms. The number of pyridine rings is 2. The van der Waals surface area contributed by atoms with Gasteiger partial charge in [-0.1, -0.05) is 30.2 Å². The molecular formula is C36H45N5O2. The van der Waals surface area contributed by atoms with Crippen molar-refractivity contribution in [3.05, 3.63) is 87.1 Å². The Bertz CT molecular complexity index is 1710. The number of aryl methyl sites for hydroxylation is 3. The summed E-state index contributed by atoms with van der Waals surface area (Å²) in [5.41, 5.74) is 8.27. The standard InChI is InChI=1S/C36H45N5O2/c1-22-13-23(2)15-27(14-22)34-33(24(3)18-37-12-11-25-8-10-32(42)40(6)20-25)29-17-31(38-19-30(29)39-34)36(4,5)35(43)41-21-26-7-9-28(41)16-26/h8,10,13-15,17,19-20,24,26,28,37,39H,7,9,11-12,16,18,21H2,1-6H3/t24-,26?,28?/m1/s1. The van der Waals surface area contributed by atoms with Crippen LogP contribution in [-0.4, -0.2) is 51.0 Å². The van der Waals surface area contributed by atoms with Crippen LogP contribution in [0, 0.1) is 19.8 Å². The number of rotatable bonds is 9. The van der Waals surface area contributed by atoms with Gasteiger partial charge in [0.05, 0.1) is 28.5 Å². The maximum Gasteiger partial charge on any atom is 0.250 e. The minimum atomic E-state index is -0.704. The van der Waals surface area contributed by atoms with E-state index in [0.717, 1.165) is 66.8 Å². The van der Waals surface area contributed by atoms with E-state index in [-0.39, 0.29) is 17.4 Å². The summed E-state index contributed by atoms with van der Waals surface area (Å²) in [6, 6.07) is 12.8. The summed E-state index contributed by atoms with van der Waals surface area (Å²) in [6.07, 6.45) is 8.22.